The standard InChI is InChI=1S/C18H25Cl2O2S/c1-11-9-23(10-12(2)22-11)17(18(3,4)5)16(21)14-8-13(19)6-7-15(14)20/h6-8,11-12,17H,9-10H2,1-5H3/q+1. The highest BCUT2D eigenvalue weighted by molar-refractivity contribution is 7.98. The van der Waals surface area contributed by atoms with Gasteiger partial charge in [-0.05, 0) is 32.0 Å². The van der Waals surface area contributed by atoms with Gasteiger partial charge in [0.2, 0.25) is 5.78 Å². The summed E-state index contributed by atoms with van der Waals surface area (Å²) in [5.41, 5.74) is 0.404. The zero-order valence-corrected chi connectivity index (χ0v) is 16.7. The minimum absolute atomic E-state index is 0.0338. The van der Waals surface area contributed by atoms with Crippen molar-refractivity contribution in [2.75, 3.05) is 11.5 Å². The molecule has 0 radical (unpaired) electrons. The Labute approximate surface area is 152 Å². The highest BCUT2D eigenvalue weighted by Gasteiger charge is 2.49. The third-order valence-corrected chi connectivity index (χ3v) is 7.86. The highest BCUT2D eigenvalue weighted by atomic mass is 35.5. The van der Waals surface area contributed by atoms with Gasteiger partial charge in [0.1, 0.15) is 11.5 Å². The lowest BCUT2D eigenvalue weighted by Crippen LogP contribution is -2.51. The number of rotatable bonds is 3. The molecule has 1 saturated heterocycles. The number of benzene rings is 1. The maximum absolute atomic E-state index is 13.3. The molecule has 1 aromatic carbocycles. The number of ketones is 1. The molecule has 2 nitrogen and oxygen atoms in total. The Bertz CT molecular complexity index is 573. The molecule has 3 atom stereocenters. The average Bonchev–Trinajstić information content (AvgIpc) is 2.38. The summed E-state index contributed by atoms with van der Waals surface area (Å²) in [5.74, 6) is 1.96. The minimum atomic E-state index is -0.136. The molecule has 23 heavy (non-hydrogen) atoms. The zero-order valence-electron chi connectivity index (χ0n) is 14.4. The van der Waals surface area contributed by atoms with E-state index in [2.05, 4.69) is 34.6 Å². The monoisotopic (exact) mass is 375 g/mol. The van der Waals surface area contributed by atoms with Gasteiger partial charge in [0.05, 0.1) is 17.2 Å². The van der Waals surface area contributed by atoms with Crippen molar-refractivity contribution < 1.29 is 9.53 Å². The summed E-state index contributed by atoms with van der Waals surface area (Å²) in [6.07, 6.45) is 0.379. The predicted molar refractivity (Wildman–Crippen MR) is 101 cm³/mol. The van der Waals surface area contributed by atoms with E-state index < -0.39 is 0 Å². The van der Waals surface area contributed by atoms with E-state index in [1.165, 1.54) is 0 Å². The second kappa shape index (κ2) is 7.35. The Morgan fingerprint density at radius 2 is 1.78 bits per heavy atom. The molecule has 0 amide bonds. The molecule has 2 rings (SSSR count). The van der Waals surface area contributed by atoms with Crippen LogP contribution in [0.4, 0.5) is 0 Å². The Morgan fingerprint density at radius 3 is 2.30 bits per heavy atom. The summed E-state index contributed by atoms with van der Waals surface area (Å²) < 4.78 is 5.86. The summed E-state index contributed by atoms with van der Waals surface area (Å²) in [7, 11) is -0.0338. The maximum Gasteiger partial charge on any atom is 0.216 e. The van der Waals surface area contributed by atoms with Crippen molar-refractivity contribution in [3.8, 4) is 0 Å². The van der Waals surface area contributed by atoms with Crippen LogP contribution in [0.25, 0.3) is 0 Å². The van der Waals surface area contributed by atoms with E-state index in [-0.39, 0.29) is 39.6 Å². The average molecular weight is 376 g/mol. The quantitative estimate of drug-likeness (QED) is 0.547. The number of Topliss-reactive ketones (excluding diaryl/α,β-unsaturated/α-hetero) is 1. The summed E-state index contributed by atoms with van der Waals surface area (Å²) in [6, 6.07) is 5.12. The van der Waals surface area contributed by atoms with Crippen molar-refractivity contribution >= 4 is 39.9 Å². The molecule has 1 heterocycles. The van der Waals surface area contributed by atoms with Gasteiger partial charge in [0.15, 0.2) is 5.25 Å². The molecule has 128 valence electrons. The van der Waals surface area contributed by atoms with Crippen molar-refractivity contribution in [2.24, 2.45) is 5.41 Å². The molecular weight excluding hydrogens is 351 g/mol. The SMILES string of the molecule is CC1C[S+](C(C(=O)c2cc(Cl)ccc2Cl)C(C)(C)C)CC(C)O1. The first-order chi connectivity index (χ1) is 10.6. The van der Waals surface area contributed by atoms with E-state index in [0.29, 0.717) is 15.6 Å². The molecule has 1 fully saturated rings. The zero-order chi connectivity index (χ0) is 17.4. The van der Waals surface area contributed by atoms with Crippen LogP contribution in [-0.2, 0) is 15.6 Å². The Kier molecular flexibility index (Phi) is 6.10. The molecule has 0 aliphatic carbocycles. The highest BCUT2D eigenvalue weighted by Crippen LogP contribution is 2.35. The smallest absolute Gasteiger partial charge is 0.216 e. The third kappa shape index (κ3) is 4.66. The fraction of sp³-hybridized carbons (Fsp3) is 0.611. The number of carbonyl (C=O) groups is 1. The van der Waals surface area contributed by atoms with Crippen LogP contribution in [0.3, 0.4) is 0 Å². The van der Waals surface area contributed by atoms with E-state index in [9.17, 15) is 4.79 Å². The Hall–Kier alpha value is -0.220. The Morgan fingerprint density at radius 1 is 1.22 bits per heavy atom. The van der Waals surface area contributed by atoms with Crippen molar-refractivity contribution in [1.82, 2.24) is 0 Å². The minimum Gasteiger partial charge on any atom is -0.366 e. The first kappa shape index (κ1) is 19.1. The van der Waals surface area contributed by atoms with E-state index in [1.54, 1.807) is 18.2 Å². The summed E-state index contributed by atoms with van der Waals surface area (Å²) in [5, 5.41) is 0.946. The second-order valence-electron chi connectivity index (χ2n) is 7.36. The van der Waals surface area contributed by atoms with Gasteiger partial charge in [-0.1, -0.05) is 44.0 Å². The molecule has 3 unspecified atom stereocenters. The van der Waals surface area contributed by atoms with Gasteiger partial charge in [-0.3, -0.25) is 4.79 Å². The van der Waals surface area contributed by atoms with Crippen LogP contribution < -0.4 is 0 Å². The van der Waals surface area contributed by atoms with Gasteiger partial charge in [-0.15, -0.1) is 0 Å². The van der Waals surface area contributed by atoms with Crippen LogP contribution in [-0.4, -0.2) is 34.7 Å². The number of hydrogen-bond acceptors (Lipinski definition) is 2. The van der Waals surface area contributed by atoms with Crippen LogP contribution >= 0.6 is 23.2 Å². The van der Waals surface area contributed by atoms with Gasteiger partial charge in [-0.25, -0.2) is 0 Å². The number of halogens is 2. The molecule has 0 N–H and O–H groups in total. The van der Waals surface area contributed by atoms with Crippen LogP contribution in [0, 0.1) is 5.41 Å². The molecular formula is C18H25Cl2O2S+. The van der Waals surface area contributed by atoms with E-state index >= 15 is 0 Å². The third-order valence-electron chi connectivity index (χ3n) is 3.91. The maximum atomic E-state index is 13.3. The first-order valence-electron chi connectivity index (χ1n) is 7.90. The van der Waals surface area contributed by atoms with E-state index in [0.717, 1.165) is 11.5 Å². The van der Waals surface area contributed by atoms with E-state index in [4.69, 9.17) is 27.9 Å². The molecule has 0 spiro atoms. The van der Waals surface area contributed by atoms with Gasteiger partial charge in [0, 0.05) is 26.9 Å². The molecule has 0 saturated carbocycles. The van der Waals surface area contributed by atoms with Gasteiger partial charge < -0.3 is 4.74 Å². The second-order valence-corrected chi connectivity index (χ2v) is 10.4. The molecule has 0 bridgehead atoms. The van der Waals surface area contributed by atoms with Gasteiger partial charge in [-0.2, -0.15) is 0 Å². The van der Waals surface area contributed by atoms with Crippen LogP contribution in [0.15, 0.2) is 18.2 Å². The normalized spacial score (nSPS) is 26.8. The lowest BCUT2D eigenvalue weighted by Gasteiger charge is -2.35. The van der Waals surface area contributed by atoms with Gasteiger partial charge >= 0.3 is 0 Å². The molecule has 1 aliphatic rings. The summed E-state index contributed by atoms with van der Waals surface area (Å²) >= 11 is 12.4. The van der Waals surface area contributed by atoms with Crippen LogP contribution in [0.2, 0.25) is 10.0 Å². The van der Waals surface area contributed by atoms with E-state index in [1.807, 2.05) is 0 Å². The summed E-state index contributed by atoms with van der Waals surface area (Å²) in [6.45, 7) is 10.6. The van der Waals surface area contributed by atoms with Gasteiger partial charge in [0.25, 0.3) is 0 Å². The number of hydrogen-bond donors (Lipinski definition) is 0. The fourth-order valence-electron chi connectivity index (χ4n) is 3.21. The lowest BCUT2D eigenvalue weighted by molar-refractivity contribution is 0.0273. The topological polar surface area (TPSA) is 26.3 Å². The molecule has 5 heteroatoms. The largest absolute Gasteiger partial charge is 0.366 e. The molecule has 1 aliphatic heterocycles. The Balaban J connectivity index is 2.39. The number of carbonyl (C=O) groups excluding carboxylic acids is 1. The van der Waals surface area contributed by atoms with Crippen molar-refractivity contribution in [3.05, 3.63) is 33.8 Å². The predicted octanol–water partition coefficient (Wildman–Crippen LogP) is 5.02. The fourth-order valence-corrected chi connectivity index (χ4v) is 6.91. The lowest BCUT2D eigenvalue weighted by atomic mass is 9.87. The van der Waals surface area contributed by atoms with Crippen molar-refractivity contribution in [2.45, 2.75) is 52.1 Å². The molecule has 0 aromatic heterocycles. The van der Waals surface area contributed by atoms with Crippen LogP contribution in [0.5, 0.6) is 0 Å². The summed E-state index contributed by atoms with van der Waals surface area (Å²) in [4.78, 5) is 13.3. The molecule has 1 aromatic rings. The first-order valence-corrected chi connectivity index (χ1v) is 10.3. The van der Waals surface area contributed by atoms with Crippen molar-refractivity contribution in [3.63, 3.8) is 0 Å². The number of ether oxygens (including phenoxy) is 1. The van der Waals surface area contributed by atoms with Crippen molar-refractivity contribution in [1.29, 1.82) is 0 Å². The van der Waals surface area contributed by atoms with Crippen LogP contribution in [0.1, 0.15) is 45.0 Å².